The van der Waals surface area contributed by atoms with E-state index in [1.54, 1.807) is 0 Å². The molecular formula is C23H29N5O4. The summed E-state index contributed by atoms with van der Waals surface area (Å²) in [6.45, 7) is 3.53. The minimum atomic E-state index is -0.821. The van der Waals surface area contributed by atoms with Crippen molar-refractivity contribution in [3.8, 4) is 0 Å². The van der Waals surface area contributed by atoms with Gasteiger partial charge >= 0.3 is 6.09 Å². The van der Waals surface area contributed by atoms with Gasteiger partial charge in [0.25, 0.3) is 0 Å². The molecule has 3 amide bonds. The number of amides is 3. The Bertz CT molecular complexity index is 1100. The summed E-state index contributed by atoms with van der Waals surface area (Å²) in [5.74, 6) is -0.508. The molecule has 1 aromatic carbocycles. The number of hydrogen-bond donors (Lipinski definition) is 3. The molecular weight excluding hydrogens is 410 g/mol. The monoisotopic (exact) mass is 439 g/mol. The lowest BCUT2D eigenvalue weighted by Crippen LogP contribution is -2.61. The Morgan fingerprint density at radius 3 is 2.75 bits per heavy atom. The highest BCUT2D eigenvalue weighted by molar-refractivity contribution is 6.03. The molecule has 1 unspecified atom stereocenters. The maximum Gasteiger partial charge on any atom is 0.407 e. The van der Waals surface area contributed by atoms with Gasteiger partial charge in [-0.2, -0.15) is 5.10 Å². The standard InChI is InChI=1S/C23H29N5O4/c1-13-10-23(11-28(12-23)22(31)32)9-8-16(13)24-17-5-3-4-14-19(26-27(2)20(14)17)15-6-7-18(29)25-21(15)30/h3-5,13,15-16,24H,6-12H2,1-2H3,(H,31,32)(H,25,29,30)/t13-,15?,16+/m0/s1. The lowest BCUT2D eigenvalue weighted by atomic mass is 9.64. The molecule has 0 bridgehead atoms. The molecule has 3 N–H and O–H groups in total. The summed E-state index contributed by atoms with van der Waals surface area (Å²) in [4.78, 5) is 36.6. The van der Waals surface area contributed by atoms with E-state index >= 15 is 0 Å². The minimum Gasteiger partial charge on any atom is -0.465 e. The van der Waals surface area contributed by atoms with Crippen LogP contribution < -0.4 is 10.6 Å². The van der Waals surface area contributed by atoms with Gasteiger partial charge in [-0.3, -0.25) is 19.6 Å². The predicted molar refractivity (Wildman–Crippen MR) is 118 cm³/mol. The Hall–Kier alpha value is -3.10. The highest BCUT2D eigenvalue weighted by Gasteiger charge is 2.49. The molecule has 3 aliphatic rings. The van der Waals surface area contributed by atoms with Gasteiger partial charge < -0.3 is 15.3 Å². The Kier molecular flexibility index (Phi) is 4.87. The largest absolute Gasteiger partial charge is 0.465 e. The lowest BCUT2D eigenvalue weighted by Gasteiger charge is -2.54. The molecule has 2 saturated heterocycles. The molecule has 1 aliphatic carbocycles. The van der Waals surface area contributed by atoms with Gasteiger partial charge in [0.15, 0.2) is 0 Å². The summed E-state index contributed by atoms with van der Waals surface area (Å²) in [5.41, 5.74) is 2.80. The van der Waals surface area contributed by atoms with Gasteiger partial charge in [-0.15, -0.1) is 0 Å². The van der Waals surface area contributed by atoms with Crippen LogP contribution in [0.5, 0.6) is 0 Å². The highest BCUT2D eigenvalue weighted by Crippen LogP contribution is 2.47. The highest BCUT2D eigenvalue weighted by atomic mass is 16.4. The van der Waals surface area contributed by atoms with E-state index < -0.39 is 12.0 Å². The molecule has 3 fully saturated rings. The fraction of sp³-hybridized carbons (Fsp3) is 0.565. The number of carboxylic acid groups (broad SMARTS) is 1. The number of nitrogens with one attached hydrogen (secondary N) is 2. The van der Waals surface area contributed by atoms with Gasteiger partial charge in [0.1, 0.15) is 0 Å². The molecule has 3 heterocycles. The number of para-hydroxylation sites is 1. The number of nitrogens with zero attached hydrogens (tertiary/aromatic N) is 3. The number of carbonyl (C=O) groups is 3. The van der Waals surface area contributed by atoms with Crippen molar-refractivity contribution >= 4 is 34.5 Å². The van der Waals surface area contributed by atoms with Gasteiger partial charge in [0, 0.05) is 43.4 Å². The maximum atomic E-state index is 12.4. The second-order valence-electron chi connectivity index (χ2n) is 9.82. The summed E-state index contributed by atoms with van der Waals surface area (Å²) in [5, 5.41) is 20.9. The Labute approximate surface area is 186 Å². The van der Waals surface area contributed by atoms with Crippen LogP contribution in [0.1, 0.15) is 50.6 Å². The molecule has 0 radical (unpaired) electrons. The number of hydrogen-bond acceptors (Lipinski definition) is 5. The van der Waals surface area contributed by atoms with Crippen LogP contribution in [-0.4, -0.2) is 56.8 Å². The van der Waals surface area contributed by atoms with Crippen molar-refractivity contribution < 1.29 is 19.5 Å². The average molecular weight is 440 g/mol. The average Bonchev–Trinajstić information content (AvgIpc) is 3.05. The topological polar surface area (TPSA) is 117 Å². The van der Waals surface area contributed by atoms with Crippen molar-refractivity contribution in [3.63, 3.8) is 0 Å². The normalized spacial score (nSPS) is 27.3. The smallest absolute Gasteiger partial charge is 0.407 e. The van der Waals surface area contributed by atoms with Crippen LogP contribution >= 0.6 is 0 Å². The quantitative estimate of drug-likeness (QED) is 0.633. The zero-order valence-electron chi connectivity index (χ0n) is 18.4. The number of fused-ring (bicyclic) bond motifs is 1. The molecule has 1 spiro atoms. The molecule has 2 aromatic rings. The molecule has 170 valence electrons. The minimum absolute atomic E-state index is 0.132. The first-order valence-electron chi connectivity index (χ1n) is 11.3. The van der Waals surface area contributed by atoms with Crippen molar-refractivity contribution in [3.05, 3.63) is 23.9 Å². The van der Waals surface area contributed by atoms with Crippen molar-refractivity contribution in [1.29, 1.82) is 0 Å². The first kappa shape index (κ1) is 20.8. The molecule has 32 heavy (non-hydrogen) atoms. The molecule has 9 nitrogen and oxygen atoms in total. The molecule has 9 heteroatoms. The first-order chi connectivity index (χ1) is 15.3. The molecule has 3 atom stereocenters. The summed E-state index contributed by atoms with van der Waals surface area (Å²) in [6, 6.07) is 6.30. The third kappa shape index (κ3) is 3.40. The Morgan fingerprint density at radius 1 is 1.28 bits per heavy atom. The molecule has 1 saturated carbocycles. The Morgan fingerprint density at radius 2 is 2.06 bits per heavy atom. The van der Waals surface area contributed by atoms with Crippen LogP contribution in [0.2, 0.25) is 0 Å². The number of aromatic nitrogens is 2. The second-order valence-corrected chi connectivity index (χ2v) is 9.82. The van der Waals surface area contributed by atoms with E-state index in [1.807, 2.05) is 29.9 Å². The number of aryl methyl sites for hydroxylation is 1. The Balaban J connectivity index is 1.36. The fourth-order valence-electron chi connectivity index (χ4n) is 5.97. The van der Waals surface area contributed by atoms with Crippen LogP contribution in [-0.2, 0) is 16.6 Å². The van der Waals surface area contributed by atoms with E-state index in [9.17, 15) is 19.5 Å². The SMILES string of the molecule is C[C@H]1CC2(CC[C@H]1Nc1cccc3c(C4CCC(=O)NC4=O)nn(C)c13)CN(C(=O)O)C2. The predicted octanol–water partition coefficient (Wildman–Crippen LogP) is 2.67. The third-order valence-corrected chi connectivity index (χ3v) is 7.55. The maximum absolute atomic E-state index is 12.4. The zero-order valence-corrected chi connectivity index (χ0v) is 18.4. The van der Waals surface area contributed by atoms with Crippen LogP contribution in [0.25, 0.3) is 10.9 Å². The molecule has 5 rings (SSSR count). The van der Waals surface area contributed by atoms with Crippen molar-refractivity contribution in [2.45, 2.75) is 51.0 Å². The van der Waals surface area contributed by atoms with Crippen LogP contribution in [0.3, 0.4) is 0 Å². The summed E-state index contributed by atoms with van der Waals surface area (Å²) < 4.78 is 1.82. The van der Waals surface area contributed by atoms with Crippen LogP contribution in [0.4, 0.5) is 10.5 Å². The zero-order chi connectivity index (χ0) is 22.6. The van der Waals surface area contributed by atoms with E-state index in [-0.39, 0.29) is 17.2 Å². The summed E-state index contributed by atoms with van der Waals surface area (Å²) >= 11 is 0. The van der Waals surface area contributed by atoms with E-state index in [0.29, 0.717) is 37.9 Å². The van der Waals surface area contributed by atoms with E-state index in [1.165, 1.54) is 4.90 Å². The number of rotatable bonds is 3. The number of imide groups is 1. The number of carbonyl (C=O) groups excluding carboxylic acids is 2. The van der Waals surface area contributed by atoms with Crippen molar-refractivity contribution in [2.75, 3.05) is 18.4 Å². The van der Waals surface area contributed by atoms with Crippen LogP contribution in [0, 0.1) is 11.3 Å². The summed E-state index contributed by atoms with van der Waals surface area (Å²) in [6.07, 6.45) is 3.00. The van der Waals surface area contributed by atoms with Crippen LogP contribution in [0.15, 0.2) is 18.2 Å². The number of likely N-dealkylation sites (tertiary alicyclic amines) is 1. The van der Waals surface area contributed by atoms with Gasteiger partial charge in [-0.05, 0) is 37.7 Å². The van der Waals surface area contributed by atoms with Gasteiger partial charge in [-0.1, -0.05) is 19.1 Å². The van der Waals surface area contributed by atoms with Crippen molar-refractivity contribution in [1.82, 2.24) is 20.0 Å². The molecule has 1 aromatic heterocycles. The second kappa shape index (κ2) is 7.50. The number of anilines is 1. The fourth-order valence-corrected chi connectivity index (χ4v) is 5.97. The van der Waals surface area contributed by atoms with Gasteiger partial charge in [-0.25, -0.2) is 4.79 Å². The molecule has 2 aliphatic heterocycles. The lowest BCUT2D eigenvalue weighted by molar-refractivity contribution is -0.134. The van der Waals surface area contributed by atoms with E-state index in [4.69, 9.17) is 0 Å². The van der Waals surface area contributed by atoms with E-state index in [0.717, 1.165) is 41.5 Å². The number of benzene rings is 1. The number of piperidine rings is 1. The van der Waals surface area contributed by atoms with Gasteiger partial charge in [0.05, 0.1) is 22.8 Å². The van der Waals surface area contributed by atoms with Crippen molar-refractivity contribution in [2.24, 2.45) is 18.4 Å². The van der Waals surface area contributed by atoms with Gasteiger partial charge in [0.2, 0.25) is 11.8 Å². The first-order valence-corrected chi connectivity index (χ1v) is 11.3. The van der Waals surface area contributed by atoms with E-state index in [2.05, 4.69) is 22.7 Å². The third-order valence-electron chi connectivity index (χ3n) is 7.55. The summed E-state index contributed by atoms with van der Waals surface area (Å²) in [7, 11) is 1.89.